The molecule has 0 aromatic heterocycles. The van der Waals surface area contributed by atoms with Crippen LogP contribution < -0.4 is 0 Å². The monoisotopic (exact) mass is 805 g/mol. The van der Waals surface area contributed by atoms with Gasteiger partial charge in [-0.15, -0.1) is 0 Å². The van der Waals surface area contributed by atoms with Crippen LogP contribution in [0.15, 0.2) is 0 Å². The molecule has 0 amide bonds. The summed E-state index contributed by atoms with van der Waals surface area (Å²) in [5.41, 5.74) is 0. The molecule has 0 N–H and O–H groups in total. The average molecular weight is 805 g/mol. The van der Waals surface area contributed by atoms with Crippen LogP contribution in [0.1, 0.15) is 200 Å². The minimum Gasteiger partial charge on any atom is -0.465 e. The normalized spacial score (nSPS) is 25.9. The van der Waals surface area contributed by atoms with E-state index in [1.807, 2.05) is 0 Å². The molecule has 2 aliphatic heterocycles. The van der Waals surface area contributed by atoms with Crippen LogP contribution in [0, 0.1) is 23.7 Å². The van der Waals surface area contributed by atoms with Gasteiger partial charge in [0.15, 0.2) is 0 Å². The summed E-state index contributed by atoms with van der Waals surface area (Å²) in [7, 11) is 0. The summed E-state index contributed by atoms with van der Waals surface area (Å²) in [6.07, 6.45) is 30.9. The predicted octanol–water partition coefficient (Wildman–Crippen LogP) is 10.5. The molecule has 4 rings (SSSR count). The fourth-order valence-electron chi connectivity index (χ4n) is 8.92. The zero-order chi connectivity index (χ0) is 40.5. The average Bonchev–Trinajstić information content (AvgIpc) is 4.15. The van der Waals surface area contributed by atoms with Crippen LogP contribution >= 0.6 is 0 Å². The highest BCUT2D eigenvalue weighted by Crippen LogP contribution is 2.45. The number of carbonyl (C=O) groups is 4. The largest absolute Gasteiger partial charge is 0.465 e. The standard InChI is InChI=1S/C47H80O10/c1-3-5-7-9-11-16-20-24-28-52-44(48)36-32-40-42(56-40)34-38(36)46(50)54-30-26-22-18-14-13-15-19-23-27-31-55-47(51)39-35-43-41(57-43)33-37(39)45(49)53-29-25-21-17-12-10-8-6-4-2/h36-43H,3-35H2,1-2H3. The van der Waals surface area contributed by atoms with Crippen molar-refractivity contribution in [2.45, 2.75) is 224 Å². The SMILES string of the molecule is CCCCCCCCCCOC(=O)C1CC2OC2CC1C(=O)OCCCCCCCCCCCOC(=O)C1CC2OC2CC1C(=O)OCCCCCCCCCC. The van der Waals surface area contributed by atoms with Crippen LogP contribution in [0.2, 0.25) is 0 Å². The van der Waals surface area contributed by atoms with E-state index >= 15 is 0 Å². The van der Waals surface area contributed by atoms with E-state index in [1.54, 1.807) is 0 Å². The molecule has 8 atom stereocenters. The summed E-state index contributed by atoms with van der Waals surface area (Å²) in [5, 5.41) is 0. The first-order valence-electron chi connectivity index (χ1n) is 23.9. The topological polar surface area (TPSA) is 130 Å². The highest BCUT2D eigenvalue weighted by Gasteiger charge is 2.54. The number of hydrogen-bond donors (Lipinski definition) is 0. The van der Waals surface area contributed by atoms with Crippen LogP contribution in [0.5, 0.6) is 0 Å². The van der Waals surface area contributed by atoms with Gasteiger partial charge in [0.2, 0.25) is 0 Å². The van der Waals surface area contributed by atoms with Crippen molar-refractivity contribution in [2.24, 2.45) is 23.7 Å². The number of unbranched alkanes of at least 4 members (excludes halogenated alkanes) is 22. The fraction of sp³-hybridized carbons (Fsp3) is 0.915. The summed E-state index contributed by atoms with van der Waals surface area (Å²) in [6.45, 7) is 6.08. The Balaban J connectivity index is 0.956. The van der Waals surface area contributed by atoms with Crippen molar-refractivity contribution < 1.29 is 47.6 Å². The third-order valence-corrected chi connectivity index (χ3v) is 12.8. The zero-order valence-corrected chi connectivity index (χ0v) is 36.0. The Labute approximate surface area is 345 Å². The zero-order valence-electron chi connectivity index (χ0n) is 36.0. The highest BCUT2D eigenvalue weighted by atomic mass is 16.6. The van der Waals surface area contributed by atoms with Crippen molar-refractivity contribution in [1.29, 1.82) is 0 Å². The van der Waals surface area contributed by atoms with E-state index in [9.17, 15) is 19.2 Å². The van der Waals surface area contributed by atoms with Crippen molar-refractivity contribution in [3.05, 3.63) is 0 Å². The van der Waals surface area contributed by atoms with Crippen molar-refractivity contribution in [3.63, 3.8) is 0 Å². The maximum absolute atomic E-state index is 13.0. The van der Waals surface area contributed by atoms with Crippen molar-refractivity contribution in [1.82, 2.24) is 0 Å². The lowest BCUT2D eigenvalue weighted by Gasteiger charge is -2.26. The molecule has 0 aromatic carbocycles. The summed E-state index contributed by atoms with van der Waals surface area (Å²) in [6, 6.07) is 0. The van der Waals surface area contributed by atoms with E-state index in [1.165, 1.54) is 77.0 Å². The van der Waals surface area contributed by atoms with E-state index in [2.05, 4.69) is 13.8 Å². The number of epoxide rings is 2. The third kappa shape index (κ3) is 18.7. The van der Waals surface area contributed by atoms with Gasteiger partial charge in [0.05, 0.1) is 74.5 Å². The lowest BCUT2D eigenvalue weighted by molar-refractivity contribution is -0.162. The maximum atomic E-state index is 13.0. The van der Waals surface area contributed by atoms with Gasteiger partial charge in [-0.05, 0) is 51.4 Å². The summed E-state index contributed by atoms with van der Waals surface area (Å²) >= 11 is 0. The van der Waals surface area contributed by atoms with Gasteiger partial charge in [-0.3, -0.25) is 19.2 Å². The van der Waals surface area contributed by atoms with Crippen molar-refractivity contribution in [3.8, 4) is 0 Å². The molecule has 2 saturated carbocycles. The Morgan fingerprint density at radius 1 is 0.333 bits per heavy atom. The minimum absolute atomic E-state index is 0.0796. The van der Waals surface area contributed by atoms with Gasteiger partial charge in [-0.1, -0.05) is 149 Å². The number of hydrogen-bond acceptors (Lipinski definition) is 10. The summed E-state index contributed by atoms with van der Waals surface area (Å²) in [5.74, 6) is -2.95. The quantitative estimate of drug-likeness (QED) is 0.0268. The van der Waals surface area contributed by atoms with Crippen molar-refractivity contribution >= 4 is 23.9 Å². The molecular weight excluding hydrogens is 725 g/mol. The van der Waals surface area contributed by atoms with E-state index in [4.69, 9.17) is 28.4 Å². The fourth-order valence-corrected chi connectivity index (χ4v) is 8.92. The van der Waals surface area contributed by atoms with Gasteiger partial charge >= 0.3 is 23.9 Å². The van der Waals surface area contributed by atoms with Gasteiger partial charge in [0, 0.05) is 0 Å². The highest BCUT2D eigenvalue weighted by molar-refractivity contribution is 5.83. The maximum Gasteiger partial charge on any atom is 0.309 e. The molecule has 0 aromatic rings. The first-order valence-corrected chi connectivity index (χ1v) is 23.9. The molecule has 4 fully saturated rings. The number of rotatable bonds is 34. The van der Waals surface area contributed by atoms with Gasteiger partial charge in [0.1, 0.15) is 0 Å². The Hall–Kier alpha value is -2.20. The Kier molecular flexibility index (Phi) is 23.6. The molecule has 2 saturated heterocycles. The van der Waals surface area contributed by atoms with E-state index < -0.39 is 23.7 Å². The number of esters is 4. The lowest BCUT2D eigenvalue weighted by atomic mass is 9.79. The molecule has 328 valence electrons. The molecule has 2 aliphatic carbocycles. The van der Waals surface area contributed by atoms with Crippen LogP contribution in [-0.2, 0) is 47.6 Å². The van der Waals surface area contributed by atoms with E-state index in [0.717, 1.165) is 83.5 Å². The van der Waals surface area contributed by atoms with Crippen LogP contribution in [0.25, 0.3) is 0 Å². The van der Waals surface area contributed by atoms with E-state index in [-0.39, 0.29) is 48.3 Å². The van der Waals surface area contributed by atoms with Gasteiger partial charge in [0.25, 0.3) is 0 Å². The Bertz CT molecular complexity index is 1060. The molecule has 0 spiro atoms. The third-order valence-electron chi connectivity index (χ3n) is 12.8. The van der Waals surface area contributed by atoms with E-state index in [0.29, 0.717) is 52.1 Å². The number of carbonyl (C=O) groups excluding carboxylic acids is 4. The van der Waals surface area contributed by atoms with Crippen LogP contribution in [0.3, 0.4) is 0 Å². The lowest BCUT2D eigenvalue weighted by Crippen LogP contribution is -2.37. The Morgan fingerprint density at radius 2 is 0.526 bits per heavy atom. The Morgan fingerprint density at radius 3 is 0.737 bits per heavy atom. The molecule has 0 bridgehead atoms. The molecular formula is C47H80O10. The summed E-state index contributed by atoms with van der Waals surface area (Å²) in [4.78, 5) is 51.9. The van der Waals surface area contributed by atoms with Crippen molar-refractivity contribution in [2.75, 3.05) is 26.4 Å². The number of ether oxygens (including phenoxy) is 6. The molecule has 4 aliphatic rings. The second kappa shape index (κ2) is 28.3. The predicted molar refractivity (Wildman–Crippen MR) is 220 cm³/mol. The first kappa shape index (κ1) is 47.5. The molecule has 0 radical (unpaired) electrons. The molecule has 10 nitrogen and oxygen atoms in total. The smallest absolute Gasteiger partial charge is 0.309 e. The number of fused-ring (bicyclic) bond motifs is 2. The second-order valence-electron chi connectivity index (χ2n) is 17.6. The summed E-state index contributed by atoms with van der Waals surface area (Å²) < 4.78 is 33.9. The van der Waals surface area contributed by atoms with Crippen LogP contribution in [0.4, 0.5) is 0 Å². The van der Waals surface area contributed by atoms with Crippen LogP contribution in [-0.4, -0.2) is 74.7 Å². The molecule has 57 heavy (non-hydrogen) atoms. The van der Waals surface area contributed by atoms with Gasteiger partial charge in [-0.2, -0.15) is 0 Å². The first-order chi connectivity index (χ1) is 27.9. The molecule has 8 unspecified atom stereocenters. The molecule has 2 heterocycles. The van der Waals surface area contributed by atoms with Gasteiger partial charge in [-0.25, -0.2) is 0 Å². The molecule has 10 heteroatoms. The minimum atomic E-state index is -0.467. The second-order valence-corrected chi connectivity index (χ2v) is 17.6. The van der Waals surface area contributed by atoms with Gasteiger partial charge < -0.3 is 28.4 Å².